The zero-order chi connectivity index (χ0) is 14.8. The monoisotopic (exact) mass is 287 g/mol. The number of halogens is 1. The number of carbonyl (C=O) groups excluding carboxylic acids is 1. The minimum atomic E-state index is -0.284. The third kappa shape index (κ3) is 2.96. The number of rotatable bonds is 2. The molecule has 1 amide bonds. The number of amides is 1. The van der Waals surface area contributed by atoms with E-state index in [4.69, 9.17) is 0 Å². The largest absolute Gasteiger partial charge is 0.337 e. The van der Waals surface area contributed by atoms with E-state index in [9.17, 15) is 9.18 Å². The van der Waals surface area contributed by atoms with Gasteiger partial charge in [-0.05, 0) is 49.1 Å². The minimum absolute atomic E-state index is 0.0117. The van der Waals surface area contributed by atoms with Crippen molar-refractivity contribution in [2.45, 2.75) is 19.8 Å². The molecule has 0 bridgehead atoms. The molecule has 21 heavy (non-hydrogen) atoms. The summed E-state index contributed by atoms with van der Waals surface area (Å²) in [4.78, 5) is 14.3. The van der Waals surface area contributed by atoms with Crippen LogP contribution in [0.5, 0.6) is 0 Å². The number of nitrogens with one attached hydrogen (secondary N) is 1. The van der Waals surface area contributed by atoms with Gasteiger partial charge in [-0.3, -0.25) is 9.89 Å². The fourth-order valence-electron chi connectivity index (χ4n) is 2.74. The van der Waals surface area contributed by atoms with Crippen molar-refractivity contribution in [1.82, 2.24) is 15.1 Å². The highest BCUT2D eigenvalue weighted by atomic mass is 19.1. The summed E-state index contributed by atoms with van der Waals surface area (Å²) in [6, 6.07) is 7.82. The zero-order valence-corrected chi connectivity index (χ0v) is 12.0. The summed E-state index contributed by atoms with van der Waals surface area (Å²) in [7, 11) is 0. The van der Waals surface area contributed by atoms with Crippen molar-refractivity contribution in [1.29, 1.82) is 0 Å². The highest BCUT2D eigenvalue weighted by molar-refractivity contribution is 5.93. The second-order valence-corrected chi connectivity index (χ2v) is 5.67. The van der Waals surface area contributed by atoms with E-state index in [1.54, 1.807) is 18.2 Å². The molecule has 1 N–H and O–H groups in total. The summed E-state index contributed by atoms with van der Waals surface area (Å²) >= 11 is 0. The molecular formula is C16H18FN3O. The molecule has 2 aromatic rings. The van der Waals surface area contributed by atoms with Crippen LogP contribution >= 0.6 is 0 Å². The minimum Gasteiger partial charge on any atom is -0.337 e. The lowest BCUT2D eigenvalue weighted by Crippen LogP contribution is -2.39. The molecule has 1 aromatic heterocycles. The standard InChI is InChI=1S/C16H18FN3O/c1-11-3-2-8-20(10-11)16(21)15-9-14(18-19-15)12-4-6-13(17)7-5-12/h4-7,9,11H,2-3,8,10H2,1H3,(H,18,19). The van der Waals surface area contributed by atoms with Gasteiger partial charge in [-0.2, -0.15) is 5.10 Å². The average Bonchev–Trinajstić information content (AvgIpc) is 2.97. The van der Waals surface area contributed by atoms with Crippen LogP contribution in [0, 0.1) is 11.7 Å². The number of H-pyrrole nitrogens is 1. The SMILES string of the molecule is CC1CCCN(C(=O)c2cc(-c3ccc(F)cc3)n[nH]2)C1. The molecule has 110 valence electrons. The summed E-state index contributed by atoms with van der Waals surface area (Å²) < 4.78 is 12.9. The van der Waals surface area contributed by atoms with Gasteiger partial charge < -0.3 is 4.90 Å². The molecule has 0 saturated carbocycles. The third-order valence-electron chi connectivity index (χ3n) is 3.89. The number of hydrogen-bond acceptors (Lipinski definition) is 2. The molecule has 1 fully saturated rings. The lowest BCUT2D eigenvalue weighted by atomic mass is 10.00. The number of carbonyl (C=O) groups is 1. The highest BCUT2D eigenvalue weighted by Crippen LogP contribution is 2.21. The number of hydrogen-bond donors (Lipinski definition) is 1. The van der Waals surface area contributed by atoms with Crippen LogP contribution in [0.4, 0.5) is 4.39 Å². The van der Waals surface area contributed by atoms with E-state index >= 15 is 0 Å². The van der Waals surface area contributed by atoms with E-state index in [0.29, 0.717) is 17.3 Å². The van der Waals surface area contributed by atoms with E-state index in [1.165, 1.54) is 18.6 Å². The fourth-order valence-corrected chi connectivity index (χ4v) is 2.74. The van der Waals surface area contributed by atoms with E-state index in [-0.39, 0.29) is 11.7 Å². The van der Waals surface area contributed by atoms with Gasteiger partial charge in [-0.1, -0.05) is 6.92 Å². The number of benzene rings is 1. The molecule has 1 aromatic carbocycles. The van der Waals surface area contributed by atoms with Crippen LogP contribution in [-0.2, 0) is 0 Å². The van der Waals surface area contributed by atoms with Crippen LogP contribution in [0.2, 0.25) is 0 Å². The predicted octanol–water partition coefficient (Wildman–Crippen LogP) is 3.09. The number of nitrogens with zero attached hydrogens (tertiary/aromatic N) is 2. The van der Waals surface area contributed by atoms with E-state index in [2.05, 4.69) is 17.1 Å². The summed E-state index contributed by atoms with van der Waals surface area (Å²) in [6.45, 7) is 3.76. The van der Waals surface area contributed by atoms with Crippen molar-refractivity contribution in [3.05, 3.63) is 41.8 Å². The Morgan fingerprint density at radius 2 is 2.14 bits per heavy atom. The molecule has 3 rings (SSSR count). The maximum absolute atomic E-state index is 12.9. The van der Waals surface area contributed by atoms with Gasteiger partial charge in [-0.25, -0.2) is 4.39 Å². The normalized spacial score (nSPS) is 18.8. The summed E-state index contributed by atoms with van der Waals surface area (Å²) in [5.74, 6) is 0.248. The molecule has 1 unspecified atom stereocenters. The van der Waals surface area contributed by atoms with Crippen molar-refractivity contribution in [3.63, 3.8) is 0 Å². The van der Waals surface area contributed by atoms with E-state index < -0.39 is 0 Å². The molecule has 1 aliphatic heterocycles. The molecular weight excluding hydrogens is 269 g/mol. The summed E-state index contributed by atoms with van der Waals surface area (Å²) in [6.07, 6.45) is 2.22. The Bertz CT molecular complexity index is 635. The molecule has 5 heteroatoms. The lowest BCUT2D eigenvalue weighted by Gasteiger charge is -2.30. The molecule has 0 radical (unpaired) electrons. The molecule has 1 aliphatic rings. The smallest absolute Gasteiger partial charge is 0.271 e. The van der Waals surface area contributed by atoms with Crippen molar-refractivity contribution in [2.75, 3.05) is 13.1 Å². The third-order valence-corrected chi connectivity index (χ3v) is 3.89. The highest BCUT2D eigenvalue weighted by Gasteiger charge is 2.23. The Morgan fingerprint density at radius 1 is 1.38 bits per heavy atom. The first-order valence-corrected chi connectivity index (χ1v) is 7.24. The molecule has 2 heterocycles. The Labute approximate surface area is 123 Å². The van der Waals surface area contributed by atoms with Crippen molar-refractivity contribution in [3.8, 4) is 11.3 Å². The number of piperidine rings is 1. The van der Waals surface area contributed by atoms with Crippen molar-refractivity contribution in [2.24, 2.45) is 5.92 Å². The Hall–Kier alpha value is -2.17. The second-order valence-electron chi connectivity index (χ2n) is 5.67. The zero-order valence-electron chi connectivity index (χ0n) is 12.0. The first-order chi connectivity index (χ1) is 10.1. The van der Waals surface area contributed by atoms with E-state index in [1.807, 2.05) is 4.90 Å². The number of aromatic amines is 1. The Kier molecular flexibility index (Phi) is 3.73. The topological polar surface area (TPSA) is 49.0 Å². The molecule has 4 nitrogen and oxygen atoms in total. The van der Waals surface area contributed by atoms with Gasteiger partial charge in [0.15, 0.2) is 0 Å². The number of aromatic nitrogens is 2. The summed E-state index contributed by atoms with van der Waals surface area (Å²) in [5, 5.41) is 6.95. The van der Waals surface area contributed by atoms with Gasteiger partial charge in [0.2, 0.25) is 0 Å². The van der Waals surface area contributed by atoms with Crippen LogP contribution in [0.25, 0.3) is 11.3 Å². The van der Waals surface area contributed by atoms with Gasteiger partial charge in [0, 0.05) is 18.7 Å². The van der Waals surface area contributed by atoms with Crippen molar-refractivity contribution < 1.29 is 9.18 Å². The maximum atomic E-state index is 12.9. The lowest BCUT2D eigenvalue weighted by molar-refractivity contribution is 0.0677. The summed E-state index contributed by atoms with van der Waals surface area (Å²) in [5.41, 5.74) is 1.94. The predicted molar refractivity (Wildman–Crippen MR) is 78.3 cm³/mol. The molecule has 0 spiro atoms. The molecule has 1 saturated heterocycles. The maximum Gasteiger partial charge on any atom is 0.271 e. The molecule has 0 aliphatic carbocycles. The quantitative estimate of drug-likeness (QED) is 0.922. The first-order valence-electron chi connectivity index (χ1n) is 7.24. The van der Waals surface area contributed by atoms with Crippen molar-refractivity contribution >= 4 is 5.91 Å². The van der Waals surface area contributed by atoms with Crippen LogP contribution < -0.4 is 0 Å². The van der Waals surface area contributed by atoms with Gasteiger partial charge >= 0.3 is 0 Å². The Morgan fingerprint density at radius 3 is 2.86 bits per heavy atom. The van der Waals surface area contributed by atoms with Crippen LogP contribution in [0.3, 0.4) is 0 Å². The van der Waals surface area contributed by atoms with Gasteiger partial charge in [-0.15, -0.1) is 0 Å². The second kappa shape index (κ2) is 5.68. The fraction of sp³-hybridized carbons (Fsp3) is 0.375. The van der Waals surface area contributed by atoms with E-state index in [0.717, 1.165) is 25.1 Å². The van der Waals surface area contributed by atoms with Gasteiger partial charge in [0.05, 0.1) is 5.69 Å². The van der Waals surface area contributed by atoms with Gasteiger partial charge in [0.25, 0.3) is 5.91 Å². The Balaban J connectivity index is 1.78. The van der Waals surface area contributed by atoms with Gasteiger partial charge in [0.1, 0.15) is 11.5 Å². The first kappa shape index (κ1) is 13.8. The number of likely N-dealkylation sites (tertiary alicyclic amines) is 1. The van der Waals surface area contributed by atoms with Crippen LogP contribution in [-0.4, -0.2) is 34.1 Å². The van der Waals surface area contributed by atoms with Crippen LogP contribution in [0.1, 0.15) is 30.3 Å². The average molecular weight is 287 g/mol. The molecule has 1 atom stereocenters. The van der Waals surface area contributed by atoms with Crippen LogP contribution in [0.15, 0.2) is 30.3 Å².